The zero-order valence-corrected chi connectivity index (χ0v) is 17.6. The quantitative estimate of drug-likeness (QED) is 0.598. The number of nitrogens with zero attached hydrogens (tertiary/aromatic N) is 1. The molecule has 0 aromatic heterocycles. The van der Waals surface area contributed by atoms with Gasteiger partial charge in [0.25, 0.3) is 5.91 Å². The fraction of sp³-hybridized carbons (Fsp3) is 0.200. The lowest BCUT2D eigenvalue weighted by atomic mass is 9.98. The van der Waals surface area contributed by atoms with Gasteiger partial charge in [-0.3, -0.25) is 9.59 Å². The number of morpholine rings is 1. The van der Waals surface area contributed by atoms with Gasteiger partial charge in [0.1, 0.15) is 24.3 Å². The fourth-order valence-electron chi connectivity index (χ4n) is 3.80. The summed E-state index contributed by atoms with van der Waals surface area (Å²) in [7, 11) is 0. The summed E-state index contributed by atoms with van der Waals surface area (Å²) in [6.07, 6.45) is -0.582. The Bertz CT molecular complexity index is 1140. The molecule has 1 fully saturated rings. The number of aliphatic hydroxyl groups excluding tert-OH is 1. The van der Waals surface area contributed by atoms with Gasteiger partial charge < -0.3 is 20.1 Å². The minimum atomic E-state index is -0.635. The summed E-state index contributed by atoms with van der Waals surface area (Å²) in [5.41, 5.74) is 2.15. The highest BCUT2D eigenvalue weighted by atomic mass is 19.1. The van der Waals surface area contributed by atoms with E-state index in [-0.39, 0.29) is 37.0 Å². The summed E-state index contributed by atoms with van der Waals surface area (Å²) in [5, 5.41) is 12.7. The average molecular weight is 452 g/mol. The molecule has 4 rings (SSSR count). The second kappa shape index (κ2) is 9.89. The van der Waals surface area contributed by atoms with Crippen molar-refractivity contribution in [3.8, 4) is 0 Å². The number of ether oxygens (including phenoxy) is 1. The Labute approximate surface area is 189 Å². The minimum Gasteiger partial charge on any atom is -0.394 e. The summed E-state index contributed by atoms with van der Waals surface area (Å²) in [6.45, 7) is -0.262. The first-order chi connectivity index (χ1) is 15.9. The molecule has 3 aromatic rings. The molecule has 33 heavy (non-hydrogen) atoms. The third kappa shape index (κ3) is 5.24. The van der Waals surface area contributed by atoms with Crippen LogP contribution in [0.15, 0.2) is 72.8 Å². The van der Waals surface area contributed by atoms with Crippen molar-refractivity contribution in [2.24, 2.45) is 0 Å². The van der Waals surface area contributed by atoms with Gasteiger partial charge in [-0.05, 0) is 53.6 Å². The molecule has 0 saturated carbocycles. The van der Waals surface area contributed by atoms with Gasteiger partial charge in [0.05, 0.1) is 12.6 Å². The van der Waals surface area contributed by atoms with Gasteiger partial charge >= 0.3 is 0 Å². The molecule has 2 atom stereocenters. The molecule has 1 aliphatic rings. The van der Waals surface area contributed by atoms with Crippen LogP contribution >= 0.6 is 0 Å². The third-order valence-corrected chi connectivity index (χ3v) is 5.49. The van der Waals surface area contributed by atoms with Gasteiger partial charge in [0, 0.05) is 17.8 Å². The highest BCUT2D eigenvalue weighted by molar-refractivity contribution is 6.04. The molecular weight excluding hydrogens is 430 g/mol. The van der Waals surface area contributed by atoms with Gasteiger partial charge in [-0.25, -0.2) is 8.78 Å². The van der Waals surface area contributed by atoms with Crippen LogP contribution < -0.4 is 5.32 Å². The van der Waals surface area contributed by atoms with E-state index in [1.54, 1.807) is 36.4 Å². The van der Waals surface area contributed by atoms with Crippen molar-refractivity contribution in [1.82, 2.24) is 4.90 Å². The Hall–Kier alpha value is -3.62. The van der Waals surface area contributed by atoms with Gasteiger partial charge in [0.2, 0.25) is 5.91 Å². The van der Waals surface area contributed by atoms with E-state index in [0.29, 0.717) is 5.69 Å². The number of carbonyl (C=O) groups excluding carboxylic acids is 2. The molecule has 8 heteroatoms. The number of anilines is 1. The molecule has 1 heterocycles. The largest absolute Gasteiger partial charge is 0.394 e. The van der Waals surface area contributed by atoms with Gasteiger partial charge in [-0.2, -0.15) is 0 Å². The van der Waals surface area contributed by atoms with E-state index in [2.05, 4.69) is 5.32 Å². The van der Waals surface area contributed by atoms with E-state index in [0.717, 1.165) is 17.2 Å². The zero-order chi connectivity index (χ0) is 23.4. The van der Waals surface area contributed by atoms with Crippen molar-refractivity contribution in [3.63, 3.8) is 0 Å². The molecule has 0 unspecified atom stereocenters. The average Bonchev–Trinajstić information content (AvgIpc) is 2.82. The molecule has 0 bridgehead atoms. The smallest absolute Gasteiger partial charge is 0.255 e. The number of hydrogen-bond donors (Lipinski definition) is 2. The van der Waals surface area contributed by atoms with Crippen molar-refractivity contribution < 1.29 is 28.2 Å². The Morgan fingerprint density at radius 2 is 1.76 bits per heavy atom. The topological polar surface area (TPSA) is 78.9 Å². The minimum absolute atomic E-state index is 0.152. The second-order valence-electron chi connectivity index (χ2n) is 7.72. The van der Waals surface area contributed by atoms with Crippen LogP contribution in [0.25, 0.3) is 0 Å². The molecule has 0 radical (unpaired) electrons. The van der Waals surface area contributed by atoms with Crippen LogP contribution in [0.1, 0.15) is 27.6 Å². The molecule has 6 nitrogen and oxygen atoms in total. The number of carbonyl (C=O) groups is 2. The van der Waals surface area contributed by atoms with E-state index < -0.39 is 23.9 Å². The third-order valence-electron chi connectivity index (χ3n) is 5.49. The highest BCUT2D eigenvalue weighted by Gasteiger charge is 2.37. The van der Waals surface area contributed by atoms with E-state index in [1.165, 1.54) is 35.2 Å². The van der Waals surface area contributed by atoms with E-state index in [9.17, 15) is 23.5 Å². The first-order valence-electron chi connectivity index (χ1n) is 10.4. The molecule has 170 valence electrons. The summed E-state index contributed by atoms with van der Waals surface area (Å²) in [6, 6.07) is 17.4. The maximum atomic E-state index is 13.4. The monoisotopic (exact) mass is 452 g/mol. The first-order valence-corrected chi connectivity index (χ1v) is 10.4. The lowest BCUT2D eigenvalue weighted by molar-refractivity contribution is -0.162. The summed E-state index contributed by atoms with van der Waals surface area (Å²) in [5.74, 6) is -1.58. The summed E-state index contributed by atoms with van der Waals surface area (Å²) < 4.78 is 32.3. The van der Waals surface area contributed by atoms with Crippen LogP contribution in [-0.2, 0) is 16.1 Å². The van der Waals surface area contributed by atoms with Crippen molar-refractivity contribution >= 4 is 17.5 Å². The van der Waals surface area contributed by atoms with Crippen molar-refractivity contribution in [1.29, 1.82) is 0 Å². The van der Waals surface area contributed by atoms with Crippen LogP contribution in [0.5, 0.6) is 0 Å². The van der Waals surface area contributed by atoms with Crippen LogP contribution in [0, 0.1) is 11.6 Å². The predicted octanol–water partition coefficient (Wildman–Crippen LogP) is 3.68. The van der Waals surface area contributed by atoms with Gasteiger partial charge in [-0.15, -0.1) is 0 Å². The Kier molecular flexibility index (Phi) is 6.76. The number of amides is 2. The summed E-state index contributed by atoms with van der Waals surface area (Å²) in [4.78, 5) is 26.3. The standard InChI is InChI=1S/C25H22F2N2O4/c26-19-8-4-16(5-9-19)13-29-22(14-30)24(33-15-23(29)31)17-6-10-21(11-7-17)28-25(32)18-2-1-3-20(27)12-18/h1-12,22,24,30H,13-15H2,(H,28,32)/t22-,24-/m1/s1. The van der Waals surface area contributed by atoms with E-state index in [1.807, 2.05) is 0 Å². The van der Waals surface area contributed by atoms with Crippen LogP contribution in [0.3, 0.4) is 0 Å². The molecule has 2 N–H and O–H groups in total. The molecule has 1 aliphatic heterocycles. The predicted molar refractivity (Wildman–Crippen MR) is 117 cm³/mol. The van der Waals surface area contributed by atoms with Crippen LogP contribution in [0.4, 0.5) is 14.5 Å². The number of halogens is 2. The lowest BCUT2D eigenvalue weighted by Gasteiger charge is -2.40. The van der Waals surface area contributed by atoms with Crippen molar-refractivity contribution in [3.05, 3.63) is 101 Å². The fourth-order valence-corrected chi connectivity index (χ4v) is 3.80. The summed E-state index contributed by atoms with van der Waals surface area (Å²) >= 11 is 0. The van der Waals surface area contributed by atoms with E-state index in [4.69, 9.17) is 4.74 Å². The van der Waals surface area contributed by atoms with Crippen molar-refractivity contribution in [2.45, 2.75) is 18.7 Å². The number of aliphatic hydroxyl groups is 1. The van der Waals surface area contributed by atoms with Crippen LogP contribution in [-0.4, -0.2) is 41.1 Å². The Morgan fingerprint density at radius 3 is 2.42 bits per heavy atom. The highest BCUT2D eigenvalue weighted by Crippen LogP contribution is 2.31. The second-order valence-corrected chi connectivity index (χ2v) is 7.72. The zero-order valence-electron chi connectivity index (χ0n) is 17.6. The van der Waals surface area contributed by atoms with Gasteiger partial charge in [-0.1, -0.05) is 30.3 Å². The van der Waals surface area contributed by atoms with Gasteiger partial charge in [0.15, 0.2) is 0 Å². The number of hydrogen-bond acceptors (Lipinski definition) is 4. The Morgan fingerprint density at radius 1 is 1.03 bits per heavy atom. The van der Waals surface area contributed by atoms with E-state index >= 15 is 0 Å². The lowest BCUT2D eigenvalue weighted by Crippen LogP contribution is -2.52. The molecule has 2 amide bonds. The molecule has 3 aromatic carbocycles. The number of rotatable bonds is 6. The number of nitrogens with one attached hydrogen (secondary N) is 1. The van der Waals surface area contributed by atoms with Crippen molar-refractivity contribution in [2.75, 3.05) is 18.5 Å². The maximum absolute atomic E-state index is 13.4. The molecular formula is C25H22F2N2O4. The van der Waals surface area contributed by atoms with Crippen LogP contribution in [0.2, 0.25) is 0 Å². The normalized spacial score (nSPS) is 18.3. The maximum Gasteiger partial charge on any atom is 0.255 e. The molecule has 1 saturated heterocycles. The first kappa shape index (κ1) is 22.6. The molecule has 0 aliphatic carbocycles. The number of benzene rings is 3. The SMILES string of the molecule is O=C(Nc1ccc([C@H]2OCC(=O)N(Cc3ccc(F)cc3)[C@@H]2CO)cc1)c1cccc(F)c1. The Balaban J connectivity index is 1.48. The molecule has 0 spiro atoms.